The molecule has 1 aromatic heterocycles. The highest BCUT2D eigenvalue weighted by Gasteiger charge is 2.20. The molecule has 0 atom stereocenters. The van der Waals surface area contributed by atoms with E-state index in [-0.39, 0.29) is 10.0 Å². The number of hydrogen-bond donors (Lipinski definition) is 0. The molecule has 2 nitrogen and oxygen atoms in total. The lowest BCUT2D eigenvalue weighted by Gasteiger charge is -2.15. The Bertz CT molecular complexity index is 588. The Morgan fingerprint density at radius 3 is 2.00 bits per heavy atom. The molecule has 0 radical (unpaired) electrons. The molecule has 1 aromatic carbocycles. The van der Waals surface area contributed by atoms with Crippen molar-refractivity contribution in [3.05, 3.63) is 43.6 Å². The Labute approximate surface area is 129 Å². The van der Waals surface area contributed by atoms with Gasteiger partial charge in [0.25, 0.3) is 0 Å². The summed E-state index contributed by atoms with van der Waals surface area (Å²) in [5.74, 6) is 0.425. The highest BCUT2D eigenvalue weighted by molar-refractivity contribution is 6.49. The molecule has 0 N–H and O–H groups in total. The van der Waals surface area contributed by atoms with Crippen LogP contribution in [0.3, 0.4) is 0 Å². The average molecular weight is 345 g/mol. The minimum atomic E-state index is 0.218. The van der Waals surface area contributed by atoms with E-state index in [0.717, 1.165) is 0 Å². The van der Waals surface area contributed by atoms with Crippen LogP contribution < -0.4 is 4.74 Å². The third-order valence-corrected chi connectivity index (χ3v) is 4.17. The number of benzene rings is 1. The summed E-state index contributed by atoms with van der Waals surface area (Å²) in [6, 6.07) is 4.84. The summed E-state index contributed by atoms with van der Waals surface area (Å²) in [5, 5.41) is 1.51. The molecule has 0 saturated heterocycles. The van der Waals surface area contributed by atoms with E-state index >= 15 is 0 Å². The first kappa shape index (κ1) is 14.2. The predicted molar refractivity (Wildman–Crippen MR) is 77.4 cm³/mol. The fraction of sp³-hybridized carbons (Fsp3) is 0.0909. The van der Waals surface area contributed by atoms with Gasteiger partial charge in [0, 0.05) is 6.07 Å². The largest absolute Gasteiger partial charge is 0.494 e. The van der Waals surface area contributed by atoms with Crippen molar-refractivity contribution >= 4 is 58.0 Å². The number of aromatic nitrogens is 1. The van der Waals surface area contributed by atoms with E-state index in [1.54, 1.807) is 18.2 Å². The molecule has 0 saturated carbocycles. The fourth-order valence-electron chi connectivity index (χ4n) is 1.53. The molecular formula is C11H6Cl5NO. The van der Waals surface area contributed by atoms with Crippen LogP contribution in [0.1, 0.15) is 0 Å². The third-order valence-electron chi connectivity index (χ3n) is 2.33. The molecule has 96 valence electrons. The van der Waals surface area contributed by atoms with E-state index in [9.17, 15) is 0 Å². The summed E-state index contributed by atoms with van der Waals surface area (Å²) in [4.78, 5) is 0. The molecule has 0 aliphatic carbocycles. The SMILES string of the molecule is COc1cc(Cl)c(Cl)c(Cl)c1-n1c(Cl)ccc1Cl. The zero-order chi connectivity index (χ0) is 13.4. The van der Waals surface area contributed by atoms with Crippen molar-refractivity contribution in [2.45, 2.75) is 0 Å². The molecule has 2 aromatic rings. The van der Waals surface area contributed by atoms with Gasteiger partial charge >= 0.3 is 0 Å². The summed E-state index contributed by atoms with van der Waals surface area (Å²) in [6.45, 7) is 0. The predicted octanol–water partition coefficient (Wildman–Crippen LogP) is 5.75. The van der Waals surface area contributed by atoms with Crippen LogP contribution >= 0.6 is 58.0 Å². The molecule has 0 amide bonds. The van der Waals surface area contributed by atoms with Crippen molar-refractivity contribution in [1.82, 2.24) is 4.57 Å². The second-order valence-corrected chi connectivity index (χ2v) is 5.29. The normalized spacial score (nSPS) is 10.8. The van der Waals surface area contributed by atoms with Crippen LogP contribution in [0.4, 0.5) is 0 Å². The van der Waals surface area contributed by atoms with Crippen LogP contribution in [0.25, 0.3) is 5.69 Å². The van der Waals surface area contributed by atoms with Crippen LogP contribution in [0.15, 0.2) is 18.2 Å². The Balaban J connectivity index is 2.82. The molecule has 0 unspecified atom stereocenters. The Morgan fingerprint density at radius 1 is 0.944 bits per heavy atom. The molecule has 1 heterocycles. The Kier molecular flexibility index (Phi) is 4.25. The average Bonchev–Trinajstić information content (AvgIpc) is 2.66. The van der Waals surface area contributed by atoms with Crippen molar-refractivity contribution in [1.29, 1.82) is 0 Å². The number of methoxy groups -OCH3 is 1. The highest BCUT2D eigenvalue weighted by Crippen LogP contribution is 2.43. The van der Waals surface area contributed by atoms with Gasteiger partial charge in [0.05, 0.1) is 22.2 Å². The molecule has 7 heteroatoms. The van der Waals surface area contributed by atoms with Gasteiger partial charge in [-0.1, -0.05) is 58.0 Å². The lowest BCUT2D eigenvalue weighted by atomic mass is 10.3. The maximum Gasteiger partial charge on any atom is 0.146 e. The minimum Gasteiger partial charge on any atom is -0.494 e. The first-order valence-electron chi connectivity index (χ1n) is 4.72. The topological polar surface area (TPSA) is 14.2 Å². The van der Waals surface area contributed by atoms with E-state index in [0.29, 0.717) is 26.8 Å². The summed E-state index contributed by atoms with van der Waals surface area (Å²) in [6.07, 6.45) is 0. The molecule has 0 spiro atoms. The van der Waals surface area contributed by atoms with Crippen molar-refractivity contribution in [3.63, 3.8) is 0 Å². The lowest BCUT2D eigenvalue weighted by Crippen LogP contribution is -2.00. The first-order chi connectivity index (χ1) is 8.47. The maximum absolute atomic E-state index is 6.18. The summed E-state index contributed by atoms with van der Waals surface area (Å²) < 4.78 is 6.75. The third kappa shape index (κ3) is 2.28. The number of hydrogen-bond acceptors (Lipinski definition) is 1. The molecule has 0 aliphatic rings. The van der Waals surface area contributed by atoms with Crippen molar-refractivity contribution in [2.75, 3.05) is 7.11 Å². The lowest BCUT2D eigenvalue weighted by molar-refractivity contribution is 0.413. The number of halogens is 5. The van der Waals surface area contributed by atoms with Gasteiger partial charge in [-0.2, -0.15) is 0 Å². The second-order valence-electron chi connectivity index (χ2n) is 3.35. The van der Waals surface area contributed by atoms with Gasteiger partial charge in [0.15, 0.2) is 0 Å². The van der Waals surface area contributed by atoms with E-state index in [4.69, 9.17) is 62.7 Å². The zero-order valence-corrected chi connectivity index (χ0v) is 12.8. The van der Waals surface area contributed by atoms with Crippen molar-refractivity contribution < 1.29 is 4.74 Å². The quantitative estimate of drug-likeness (QED) is 0.632. The van der Waals surface area contributed by atoms with Gasteiger partial charge in [-0.05, 0) is 12.1 Å². The van der Waals surface area contributed by atoms with Gasteiger partial charge in [-0.25, -0.2) is 0 Å². The number of nitrogens with zero attached hydrogens (tertiary/aromatic N) is 1. The van der Waals surface area contributed by atoms with Gasteiger partial charge in [0.2, 0.25) is 0 Å². The van der Waals surface area contributed by atoms with Gasteiger partial charge in [0.1, 0.15) is 21.7 Å². The molecule has 0 aliphatic heterocycles. The fourth-order valence-corrected chi connectivity index (χ4v) is 2.72. The molecular weight excluding hydrogens is 339 g/mol. The molecule has 0 fully saturated rings. The van der Waals surface area contributed by atoms with Crippen molar-refractivity contribution in [3.8, 4) is 11.4 Å². The van der Waals surface area contributed by atoms with E-state index in [1.807, 2.05) is 0 Å². The highest BCUT2D eigenvalue weighted by atomic mass is 35.5. The summed E-state index contributed by atoms with van der Waals surface area (Å²) >= 11 is 30.3. The molecule has 18 heavy (non-hydrogen) atoms. The standard InChI is InChI=1S/C11H6Cl5NO/c1-18-6-4-5(12)9(15)10(16)11(6)17-7(13)2-3-8(17)14/h2-4H,1H3. The second kappa shape index (κ2) is 5.40. The van der Waals surface area contributed by atoms with E-state index < -0.39 is 0 Å². The smallest absolute Gasteiger partial charge is 0.146 e. The summed E-state index contributed by atoms with van der Waals surface area (Å²) in [5.41, 5.74) is 0.452. The molecule has 0 bridgehead atoms. The maximum atomic E-state index is 6.18. The number of rotatable bonds is 2. The van der Waals surface area contributed by atoms with Crippen LogP contribution in [0.2, 0.25) is 25.4 Å². The number of ether oxygens (including phenoxy) is 1. The van der Waals surface area contributed by atoms with Crippen LogP contribution in [-0.2, 0) is 0 Å². The van der Waals surface area contributed by atoms with Gasteiger partial charge < -0.3 is 4.74 Å². The Morgan fingerprint density at radius 2 is 1.50 bits per heavy atom. The van der Waals surface area contributed by atoms with Gasteiger partial charge in [-0.15, -0.1) is 0 Å². The van der Waals surface area contributed by atoms with E-state index in [2.05, 4.69) is 0 Å². The molecule has 2 rings (SSSR count). The Hall–Kier alpha value is -0.250. The van der Waals surface area contributed by atoms with Crippen LogP contribution in [-0.4, -0.2) is 11.7 Å². The zero-order valence-electron chi connectivity index (χ0n) is 8.98. The van der Waals surface area contributed by atoms with Crippen molar-refractivity contribution in [2.24, 2.45) is 0 Å². The van der Waals surface area contributed by atoms with Gasteiger partial charge in [-0.3, -0.25) is 4.57 Å². The van der Waals surface area contributed by atoms with E-state index in [1.165, 1.54) is 11.7 Å². The van der Waals surface area contributed by atoms with Crippen LogP contribution in [0, 0.1) is 0 Å². The van der Waals surface area contributed by atoms with Crippen LogP contribution in [0.5, 0.6) is 5.75 Å². The first-order valence-corrected chi connectivity index (χ1v) is 6.61. The minimum absolute atomic E-state index is 0.218. The monoisotopic (exact) mass is 343 g/mol. The summed E-state index contributed by atoms with van der Waals surface area (Å²) in [7, 11) is 1.49.